The summed E-state index contributed by atoms with van der Waals surface area (Å²) in [5.41, 5.74) is 0.952. The first kappa shape index (κ1) is 20.3. The highest BCUT2D eigenvalue weighted by molar-refractivity contribution is 6.31. The average molecular weight is 417 g/mol. The Kier molecular flexibility index (Phi) is 6.13. The first-order chi connectivity index (χ1) is 13.9. The first-order valence-electron chi connectivity index (χ1n) is 8.65. The number of ether oxygens (including phenoxy) is 2. The van der Waals surface area contributed by atoms with Gasteiger partial charge < -0.3 is 14.8 Å². The second kappa shape index (κ2) is 8.74. The van der Waals surface area contributed by atoms with E-state index in [1.54, 1.807) is 36.4 Å². The first-order valence-corrected chi connectivity index (χ1v) is 9.02. The molecule has 9 heteroatoms. The minimum absolute atomic E-state index is 0.130. The van der Waals surface area contributed by atoms with Crippen molar-refractivity contribution in [2.24, 2.45) is 0 Å². The van der Waals surface area contributed by atoms with E-state index in [9.17, 15) is 19.2 Å². The molecule has 0 atom stereocenters. The van der Waals surface area contributed by atoms with Gasteiger partial charge in [-0.1, -0.05) is 23.7 Å². The summed E-state index contributed by atoms with van der Waals surface area (Å²) in [5.74, 6) is -1.80. The van der Waals surface area contributed by atoms with Crippen LogP contribution in [-0.2, 0) is 14.3 Å². The third-order valence-electron chi connectivity index (χ3n) is 4.22. The van der Waals surface area contributed by atoms with Crippen molar-refractivity contribution in [2.75, 3.05) is 25.6 Å². The third-order valence-corrected chi connectivity index (χ3v) is 4.45. The standard InChI is InChI=1S/C20H17ClN2O6/c1-28-16-7-6-12(21)10-15(16)22-17(24)11-29-18(25)8-9-23-19(26)13-4-2-3-5-14(13)20(23)27/h2-7,10H,8-9,11H2,1H3,(H,22,24). The molecule has 3 rings (SSSR count). The number of carbonyl (C=O) groups is 4. The molecule has 2 aromatic carbocycles. The van der Waals surface area contributed by atoms with Gasteiger partial charge in [0.2, 0.25) is 0 Å². The van der Waals surface area contributed by atoms with Gasteiger partial charge in [-0.2, -0.15) is 0 Å². The molecule has 1 aliphatic heterocycles. The van der Waals surface area contributed by atoms with Crippen LogP contribution in [0.3, 0.4) is 0 Å². The number of fused-ring (bicyclic) bond motifs is 1. The molecule has 1 N–H and O–H groups in total. The summed E-state index contributed by atoms with van der Waals surface area (Å²) in [4.78, 5) is 49.4. The molecule has 8 nitrogen and oxygen atoms in total. The van der Waals surface area contributed by atoms with Crippen LogP contribution in [0.5, 0.6) is 5.75 Å². The van der Waals surface area contributed by atoms with Crippen molar-refractivity contribution in [3.8, 4) is 5.75 Å². The number of benzene rings is 2. The Morgan fingerprint density at radius 3 is 2.34 bits per heavy atom. The maximum absolute atomic E-state index is 12.2. The van der Waals surface area contributed by atoms with Crippen LogP contribution in [0.4, 0.5) is 5.69 Å². The number of anilines is 1. The zero-order valence-corrected chi connectivity index (χ0v) is 16.2. The summed E-state index contributed by atoms with van der Waals surface area (Å²) < 4.78 is 10.0. The second-order valence-corrected chi connectivity index (χ2v) is 6.55. The number of hydrogen-bond donors (Lipinski definition) is 1. The number of halogens is 1. The lowest BCUT2D eigenvalue weighted by Gasteiger charge is -2.13. The molecule has 0 unspecified atom stereocenters. The summed E-state index contributed by atoms with van der Waals surface area (Å²) in [6.07, 6.45) is -0.223. The minimum atomic E-state index is -0.713. The van der Waals surface area contributed by atoms with Gasteiger partial charge in [0.15, 0.2) is 6.61 Å². The van der Waals surface area contributed by atoms with Gasteiger partial charge in [-0.05, 0) is 30.3 Å². The molecule has 1 heterocycles. The van der Waals surface area contributed by atoms with Gasteiger partial charge in [-0.15, -0.1) is 0 Å². The zero-order valence-electron chi connectivity index (χ0n) is 15.4. The molecule has 0 aromatic heterocycles. The molecule has 0 aliphatic carbocycles. The molecule has 1 aliphatic rings. The summed E-state index contributed by atoms with van der Waals surface area (Å²) in [6.45, 7) is -0.661. The van der Waals surface area contributed by atoms with Gasteiger partial charge >= 0.3 is 5.97 Å². The molecule has 29 heavy (non-hydrogen) atoms. The van der Waals surface area contributed by atoms with E-state index in [-0.39, 0.29) is 13.0 Å². The largest absolute Gasteiger partial charge is 0.495 e. The predicted octanol–water partition coefficient (Wildman–Crippen LogP) is 2.52. The van der Waals surface area contributed by atoms with E-state index in [1.165, 1.54) is 13.2 Å². The fourth-order valence-electron chi connectivity index (χ4n) is 2.83. The molecule has 150 valence electrons. The maximum Gasteiger partial charge on any atom is 0.308 e. The summed E-state index contributed by atoms with van der Waals surface area (Å²) in [6, 6.07) is 11.1. The van der Waals surface area contributed by atoms with E-state index in [4.69, 9.17) is 21.1 Å². The summed E-state index contributed by atoms with van der Waals surface area (Å²) in [7, 11) is 1.44. The lowest BCUT2D eigenvalue weighted by molar-refractivity contribution is -0.147. The number of hydrogen-bond acceptors (Lipinski definition) is 6. The number of esters is 1. The monoisotopic (exact) mass is 416 g/mol. The van der Waals surface area contributed by atoms with E-state index < -0.39 is 30.3 Å². The molecule has 0 saturated carbocycles. The number of rotatable bonds is 7. The van der Waals surface area contributed by atoms with Gasteiger partial charge in [0, 0.05) is 11.6 Å². The average Bonchev–Trinajstić information content (AvgIpc) is 2.95. The minimum Gasteiger partial charge on any atom is -0.495 e. The van der Waals surface area contributed by atoms with Crippen molar-refractivity contribution in [3.05, 3.63) is 58.6 Å². The number of methoxy groups -OCH3 is 1. The van der Waals surface area contributed by atoms with Crippen molar-refractivity contribution in [2.45, 2.75) is 6.42 Å². The van der Waals surface area contributed by atoms with Gasteiger partial charge in [-0.25, -0.2) is 0 Å². The Bertz CT molecular complexity index is 956. The van der Waals surface area contributed by atoms with Crippen LogP contribution in [0.1, 0.15) is 27.1 Å². The van der Waals surface area contributed by atoms with Crippen molar-refractivity contribution >= 4 is 41.0 Å². The molecule has 0 saturated heterocycles. The van der Waals surface area contributed by atoms with E-state index >= 15 is 0 Å². The number of nitrogens with one attached hydrogen (secondary N) is 1. The van der Waals surface area contributed by atoms with Crippen molar-refractivity contribution in [1.29, 1.82) is 0 Å². The van der Waals surface area contributed by atoms with Crippen LogP contribution in [0, 0.1) is 0 Å². The van der Waals surface area contributed by atoms with Gasteiger partial charge in [0.25, 0.3) is 17.7 Å². The van der Waals surface area contributed by atoms with Crippen molar-refractivity contribution < 1.29 is 28.7 Å². The van der Waals surface area contributed by atoms with E-state index in [2.05, 4.69) is 5.32 Å². The van der Waals surface area contributed by atoms with Gasteiger partial charge in [0.1, 0.15) is 5.75 Å². The van der Waals surface area contributed by atoms with Crippen LogP contribution in [0.2, 0.25) is 5.02 Å². The van der Waals surface area contributed by atoms with E-state index in [1.807, 2.05) is 0 Å². The van der Waals surface area contributed by atoms with Crippen LogP contribution in [0.25, 0.3) is 0 Å². The topological polar surface area (TPSA) is 102 Å². The molecule has 3 amide bonds. The van der Waals surface area contributed by atoms with E-state index in [0.717, 1.165) is 4.90 Å². The van der Waals surface area contributed by atoms with Crippen LogP contribution in [-0.4, -0.2) is 48.9 Å². The number of nitrogens with zero attached hydrogens (tertiary/aromatic N) is 1. The van der Waals surface area contributed by atoms with Crippen LogP contribution in [0.15, 0.2) is 42.5 Å². The van der Waals surface area contributed by atoms with Crippen molar-refractivity contribution in [3.63, 3.8) is 0 Å². The number of amides is 3. The zero-order chi connectivity index (χ0) is 21.0. The Morgan fingerprint density at radius 2 is 1.72 bits per heavy atom. The third kappa shape index (κ3) is 4.55. The Balaban J connectivity index is 1.48. The fourth-order valence-corrected chi connectivity index (χ4v) is 3.00. The Labute approximate surface area is 171 Å². The molecule has 0 spiro atoms. The molecular formula is C20H17ClN2O6. The van der Waals surface area contributed by atoms with Gasteiger partial charge in [0.05, 0.1) is 30.3 Å². The lowest BCUT2D eigenvalue weighted by Crippen LogP contribution is -2.32. The molecule has 0 fully saturated rings. The Morgan fingerprint density at radius 1 is 1.07 bits per heavy atom. The quantitative estimate of drug-likeness (QED) is 0.549. The highest BCUT2D eigenvalue weighted by Gasteiger charge is 2.35. The second-order valence-electron chi connectivity index (χ2n) is 6.11. The maximum atomic E-state index is 12.2. The lowest BCUT2D eigenvalue weighted by atomic mass is 10.1. The predicted molar refractivity (Wildman–Crippen MR) is 104 cm³/mol. The Hall–Kier alpha value is -3.39. The van der Waals surface area contributed by atoms with Crippen LogP contribution < -0.4 is 10.1 Å². The normalized spacial score (nSPS) is 12.6. The smallest absolute Gasteiger partial charge is 0.308 e. The molecular weight excluding hydrogens is 400 g/mol. The van der Waals surface area contributed by atoms with Gasteiger partial charge in [-0.3, -0.25) is 24.1 Å². The number of imide groups is 1. The highest BCUT2D eigenvalue weighted by Crippen LogP contribution is 2.27. The summed E-state index contributed by atoms with van der Waals surface area (Å²) >= 11 is 5.89. The molecule has 2 aromatic rings. The van der Waals surface area contributed by atoms with E-state index in [0.29, 0.717) is 27.6 Å². The van der Waals surface area contributed by atoms with Crippen molar-refractivity contribution in [1.82, 2.24) is 4.90 Å². The molecule has 0 radical (unpaired) electrons. The SMILES string of the molecule is COc1ccc(Cl)cc1NC(=O)COC(=O)CCN1C(=O)c2ccccc2C1=O. The van der Waals surface area contributed by atoms with Crippen LogP contribution >= 0.6 is 11.6 Å². The summed E-state index contributed by atoms with van der Waals surface area (Å²) in [5, 5.41) is 2.94. The molecule has 0 bridgehead atoms. The highest BCUT2D eigenvalue weighted by atomic mass is 35.5. The fraction of sp³-hybridized carbons (Fsp3) is 0.200. The number of carbonyl (C=O) groups excluding carboxylic acids is 4.